The van der Waals surface area contributed by atoms with Gasteiger partial charge in [0.15, 0.2) is 0 Å². The lowest BCUT2D eigenvalue weighted by Crippen LogP contribution is -2.44. The summed E-state index contributed by atoms with van der Waals surface area (Å²) in [6.45, 7) is 2.42. The Morgan fingerprint density at radius 1 is 1.17 bits per heavy atom. The molecule has 2 atom stereocenters. The van der Waals surface area contributed by atoms with Gasteiger partial charge in [0, 0.05) is 11.7 Å². The first-order chi connectivity index (χ1) is 14.6. The SMILES string of the molecule is CCOc1ccc(C2C(C#N)=C(SCc3ccccc3)NC(=O)[C@H]2C(=O)OC)cc1. The second kappa shape index (κ2) is 9.99. The zero-order valence-corrected chi connectivity index (χ0v) is 17.6. The van der Waals surface area contributed by atoms with Crippen LogP contribution in [0.1, 0.15) is 24.0 Å². The van der Waals surface area contributed by atoms with Crippen LogP contribution in [0.3, 0.4) is 0 Å². The van der Waals surface area contributed by atoms with Crippen molar-refractivity contribution in [2.24, 2.45) is 5.92 Å². The lowest BCUT2D eigenvalue weighted by Gasteiger charge is -2.31. The number of thioether (sulfide) groups is 1. The molecule has 0 saturated carbocycles. The molecule has 6 nitrogen and oxygen atoms in total. The van der Waals surface area contributed by atoms with Gasteiger partial charge in [-0.2, -0.15) is 5.26 Å². The number of methoxy groups -OCH3 is 1. The first kappa shape index (κ1) is 21.5. The molecule has 0 radical (unpaired) electrons. The molecule has 0 fully saturated rings. The van der Waals surface area contributed by atoms with Gasteiger partial charge in [0.2, 0.25) is 5.91 Å². The lowest BCUT2D eigenvalue weighted by atomic mass is 9.78. The number of ether oxygens (including phenoxy) is 2. The van der Waals surface area contributed by atoms with Gasteiger partial charge in [-0.3, -0.25) is 9.59 Å². The van der Waals surface area contributed by atoms with Crippen LogP contribution >= 0.6 is 11.8 Å². The minimum atomic E-state index is -1.14. The third-order valence-corrected chi connectivity index (χ3v) is 5.85. The Hall–Kier alpha value is -3.24. The van der Waals surface area contributed by atoms with E-state index < -0.39 is 23.7 Å². The molecule has 1 aliphatic rings. The van der Waals surface area contributed by atoms with E-state index in [2.05, 4.69) is 11.4 Å². The average Bonchev–Trinajstić information content (AvgIpc) is 2.78. The van der Waals surface area contributed by atoms with E-state index in [1.54, 1.807) is 24.3 Å². The predicted octanol–water partition coefficient (Wildman–Crippen LogP) is 3.76. The van der Waals surface area contributed by atoms with Crippen LogP contribution in [0.2, 0.25) is 0 Å². The molecule has 0 spiro atoms. The molecule has 0 saturated heterocycles. The van der Waals surface area contributed by atoms with E-state index in [0.29, 0.717) is 34.3 Å². The Labute approximate surface area is 179 Å². The van der Waals surface area contributed by atoms with E-state index in [1.807, 2.05) is 37.3 Å². The molecule has 0 aliphatic carbocycles. The minimum absolute atomic E-state index is 0.343. The lowest BCUT2D eigenvalue weighted by molar-refractivity contribution is -0.150. The number of esters is 1. The van der Waals surface area contributed by atoms with Crippen molar-refractivity contribution in [1.82, 2.24) is 5.32 Å². The van der Waals surface area contributed by atoms with Crippen molar-refractivity contribution in [3.05, 3.63) is 76.3 Å². The van der Waals surface area contributed by atoms with E-state index in [4.69, 9.17) is 9.47 Å². The number of nitrogens with zero attached hydrogens (tertiary/aromatic N) is 1. The second-order valence-corrected chi connectivity index (χ2v) is 7.58. The molecule has 1 amide bonds. The highest BCUT2D eigenvalue weighted by molar-refractivity contribution is 8.02. The van der Waals surface area contributed by atoms with Crippen molar-refractivity contribution in [2.75, 3.05) is 13.7 Å². The first-order valence-corrected chi connectivity index (χ1v) is 10.5. The first-order valence-electron chi connectivity index (χ1n) is 9.51. The van der Waals surface area contributed by atoms with E-state index >= 15 is 0 Å². The minimum Gasteiger partial charge on any atom is -0.494 e. The largest absolute Gasteiger partial charge is 0.494 e. The van der Waals surface area contributed by atoms with Crippen LogP contribution in [0.5, 0.6) is 5.75 Å². The summed E-state index contributed by atoms with van der Waals surface area (Å²) >= 11 is 1.37. The van der Waals surface area contributed by atoms with Crippen molar-refractivity contribution in [1.29, 1.82) is 5.26 Å². The van der Waals surface area contributed by atoms with Crippen molar-refractivity contribution >= 4 is 23.6 Å². The highest BCUT2D eigenvalue weighted by atomic mass is 32.2. The molecule has 3 rings (SSSR count). The van der Waals surface area contributed by atoms with Crippen LogP contribution in [-0.4, -0.2) is 25.6 Å². The van der Waals surface area contributed by atoms with Gasteiger partial charge in [-0.1, -0.05) is 42.5 Å². The molecule has 154 valence electrons. The maximum Gasteiger partial charge on any atom is 0.319 e. The third kappa shape index (κ3) is 4.66. The molecule has 0 bridgehead atoms. The summed E-state index contributed by atoms with van der Waals surface area (Å²) in [5.41, 5.74) is 2.09. The van der Waals surface area contributed by atoms with Gasteiger partial charge >= 0.3 is 5.97 Å². The standard InChI is InChI=1S/C23H22N2O4S/c1-3-29-17-11-9-16(10-12-17)19-18(13-24)22(25-21(26)20(19)23(27)28-2)30-14-15-7-5-4-6-8-15/h4-12,19-20H,3,14H2,1-2H3,(H,25,26)/t19?,20-/m0/s1. The number of benzene rings is 2. The molecular formula is C23H22N2O4S. The van der Waals surface area contributed by atoms with Crippen molar-refractivity contribution in [3.8, 4) is 11.8 Å². The van der Waals surface area contributed by atoms with Gasteiger partial charge in [0.1, 0.15) is 11.7 Å². The van der Waals surface area contributed by atoms with E-state index in [0.717, 1.165) is 5.56 Å². The maximum absolute atomic E-state index is 12.8. The molecule has 7 heteroatoms. The normalized spacial score (nSPS) is 18.4. The summed E-state index contributed by atoms with van der Waals surface area (Å²) in [4.78, 5) is 25.3. The second-order valence-electron chi connectivity index (χ2n) is 6.60. The molecule has 1 unspecified atom stereocenters. The fraction of sp³-hybridized carbons (Fsp3) is 0.261. The van der Waals surface area contributed by atoms with Gasteiger partial charge in [-0.05, 0) is 30.2 Å². The molecule has 30 heavy (non-hydrogen) atoms. The van der Waals surface area contributed by atoms with Crippen molar-refractivity contribution in [3.63, 3.8) is 0 Å². The third-order valence-electron chi connectivity index (χ3n) is 4.76. The van der Waals surface area contributed by atoms with Crippen LogP contribution in [-0.2, 0) is 20.1 Å². The zero-order valence-electron chi connectivity index (χ0n) is 16.8. The Morgan fingerprint density at radius 3 is 2.47 bits per heavy atom. The number of amides is 1. The number of hydrogen-bond donors (Lipinski definition) is 1. The Kier molecular flexibility index (Phi) is 7.15. The van der Waals surface area contributed by atoms with Gasteiger partial charge in [-0.15, -0.1) is 11.8 Å². The summed E-state index contributed by atoms with van der Waals surface area (Å²) in [7, 11) is 1.24. The summed E-state index contributed by atoms with van der Waals surface area (Å²) in [5, 5.41) is 13.1. The number of carbonyl (C=O) groups excluding carboxylic acids is 2. The zero-order chi connectivity index (χ0) is 21.5. The quantitative estimate of drug-likeness (QED) is 0.540. The molecular weight excluding hydrogens is 400 g/mol. The van der Waals surface area contributed by atoms with Gasteiger partial charge in [-0.25, -0.2) is 0 Å². The van der Waals surface area contributed by atoms with Crippen LogP contribution in [0.4, 0.5) is 0 Å². The number of nitriles is 1. The molecule has 1 aliphatic heterocycles. The van der Waals surface area contributed by atoms with E-state index in [-0.39, 0.29) is 0 Å². The average molecular weight is 423 g/mol. The Balaban J connectivity index is 2.00. The summed E-state index contributed by atoms with van der Waals surface area (Å²) in [6, 6.07) is 19.1. The van der Waals surface area contributed by atoms with Crippen LogP contribution in [0, 0.1) is 17.2 Å². The smallest absolute Gasteiger partial charge is 0.319 e. The number of rotatable bonds is 7. The topological polar surface area (TPSA) is 88.4 Å². The molecule has 2 aromatic carbocycles. The van der Waals surface area contributed by atoms with E-state index in [1.165, 1.54) is 18.9 Å². The van der Waals surface area contributed by atoms with Crippen molar-refractivity contribution in [2.45, 2.75) is 18.6 Å². The van der Waals surface area contributed by atoms with Crippen LogP contribution < -0.4 is 10.1 Å². The monoisotopic (exact) mass is 422 g/mol. The van der Waals surface area contributed by atoms with Gasteiger partial charge < -0.3 is 14.8 Å². The summed E-state index contributed by atoms with van der Waals surface area (Å²) in [5.74, 6) is -1.76. The van der Waals surface area contributed by atoms with Crippen LogP contribution in [0.25, 0.3) is 0 Å². The summed E-state index contributed by atoms with van der Waals surface area (Å²) in [6.07, 6.45) is 0. The molecule has 2 aromatic rings. The van der Waals surface area contributed by atoms with Crippen molar-refractivity contribution < 1.29 is 19.1 Å². The molecule has 1 N–H and O–H groups in total. The molecule has 1 heterocycles. The van der Waals surface area contributed by atoms with Crippen LogP contribution in [0.15, 0.2) is 65.2 Å². The fourth-order valence-electron chi connectivity index (χ4n) is 3.35. The highest BCUT2D eigenvalue weighted by Gasteiger charge is 2.44. The Bertz CT molecular complexity index is 981. The fourth-order valence-corrected chi connectivity index (χ4v) is 4.35. The number of nitrogens with one attached hydrogen (secondary N) is 1. The van der Waals surface area contributed by atoms with Gasteiger partial charge in [0.25, 0.3) is 0 Å². The number of allylic oxidation sites excluding steroid dienone is 1. The predicted molar refractivity (Wildman–Crippen MR) is 114 cm³/mol. The number of hydrogen-bond acceptors (Lipinski definition) is 6. The highest BCUT2D eigenvalue weighted by Crippen LogP contribution is 2.41. The summed E-state index contributed by atoms with van der Waals surface area (Å²) < 4.78 is 10.3. The Morgan fingerprint density at radius 2 is 1.87 bits per heavy atom. The maximum atomic E-state index is 12.8. The van der Waals surface area contributed by atoms with E-state index in [9.17, 15) is 14.9 Å². The number of carbonyl (C=O) groups is 2. The van der Waals surface area contributed by atoms with Gasteiger partial charge in [0.05, 0.1) is 30.4 Å². The molecule has 0 aromatic heterocycles.